The van der Waals surface area contributed by atoms with Gasteiger partial charge in [-0.05, 0) is 62.2 Å². The summed E-state index contributed by atoms with van der Waals surface area (Å²) in [4.78, 5) is 21.5. The van der Waals surface area contributed by atoms with Gasteiger partial charge in [-0.2, -0.15) is 0 Å². The SMILES string of the molecule is CCc1ccc(C(CNC(=O)N2CCCCCC2c2ccncc2)N(C)C)cc1. The highest BCUT2D eigenvalue weighted by Crippen LogP contribution is 2.30. The van der Waals surface area contributed by atoms with Crippen molar-refractivity contribution < 1.29 is 4.79 Å². The second-order valence-corrected chi connectivity index (χ2v) is 8.10. The molecule has 2 unspecified atom stereocenters. The number of aromatic nitrogens is 1. The molecule has 1 N–H and O–H groups in total. The van der Waals surface area contributed by atoms with Crippen molar-refractivity contribution >= 4 is 6.03 Å². The number of urea groups is 1. The Morgan fingerprint density at radius 3 is 2.52 bits per heavy atom. The van der Waals surface area contributed by atoms with Gasteiger partial charge in [0.2, 0.25) is 0 Å². The van der Waals surface area contributed by atoms with E-state index in [0.29, 0.717) is 6.54 Å². The summed E-state index contributed by atoms with van der Waals surface area (Å²) < 4.78 is 0. The van der Waals surface area contributed by atoms with E-state index in [1.54, 1.807) is 0 Å². The largest absolute Gasteiger partial charge is 0.336 e. The van der Waals surface area contributed by atoms with Gasteiger partial charge in [0.25, 0.3) is 0 Å². The van der Waals surface area contributed by atoms with Gasteiger partial charge >= 0.3 is 6.03 Å². The summed E-state index contributed by atoms with van der Waals surface area (Å²) in [5.74, 6) is 0. The third-order valence-electron chi connectivity index (χ3n) is 5.95. The maximum absolute atomic E-state index is 13.2. The van der Waals surface area contributed by atoms with Crippen molar-refractivity contribution in [1.29, 1.82) is 0 Å². The number of nitrogens with one attached hydrogen (secondary N) is 1. The first-order valence-electron chi connectivity index (χ1n) is 10.8. The van der Waals surface area contributed by atoms with Crippen LogP contribution in [0.2, 0.25) is 0 Å². The molecule has 1 aromatic carbocycles. The first-order chi connectivity index (χ1) is 14.1. The number of likely N-dealkylation sites (N-methyl/N-ethyl adjacent to an activating group) is 1. The maximum Gasteiger partial charge on any atom is 0.317 e. The number of aryl methyl sites for hydroxylation is 1. The quantitative estimate of drug-likeness (QED) is 0.780. The van der Waals surface area contributed by atoms with Crippen molar-refractivity contribution in [3.63, 3.8) is 0 Å². The fourth-order valence-corrected chi connectivity index (χ4v) is 4.14. The number of nitrogens with zero attached hydrogens (tertiary/aromatic N) is 3. The highest BCUT2D eigenvalue weighted by atomic mass is 16.2. The van der Waals surface area contributed by atoms with Crippen LogP contribution in [0.5, 0.6) is 0 Å². The predicted molar refractivity (Wildman–Crippen MR) is 118 cm³/mol. The second kappa shape index (κ2) is 10.4. The van der Waals surface area contributed by atoms with Crippen molar-refractivity contribution in [1.82, 2.24) is 20.1 Å². The summed E-state index contributed by atoms with van der Waals surface area (Å²) >= 11 is 0. The van der Waals surface area contributed by atoms with E-state index in [-0.39, 0.29) is 18.1 Å². The number of hydrogen-bond acceptors (Lipinski definition) is 3. The van der Waals surface area contributed by atoms with Gasteiger partial charge in [-0.25, -0.2) is 4.79 Å². The van der Waals surface area contributed by atoms with Crippen molar-refractivity contribution in [3.05, 3.63) is 65.5 Å². The van der Waals surface area contributed by atoms with E-state index in [1.165, 1.54) is 23.1 Å². The van der Waals surface area contributed by atoms with Crippen molar-refractivity contribution in [2.75, 3.05) is 27.2 Å². The third-order valence-corrected chi connectivity index (χ3v) is 5.95. The lowest BCUT2D eigenvalue weighted by Gasteiger charge is -2.32. The van der Waals surface area contributed by atoms with Crippen LogP contribution in [0, 0.1) is 0 Å². The first kappa shape index (κ1) is 21.3. The van der Waals surface area contributed by atoms with Gasteiger partial charge in [0.15, 0.2) is 0 Å². The molecular formula is C24H34N4O. The molecule has 0 aliphatic carbocycles. The molecule has 2 heterocycles. The van der Waals surface area contributed by atoms with E-state index in [0.717, 1.165) is 32.2 Å². The topological polar surface area (TPSA) is 48.5 Å². The fourth-order valence-electron chi connectivity index (χ4n) is 4.14. The summed E-state index contributed by atoms with van der Waals surface area (Å²) in [6.45, 7) is 3.56. The van der Waals surface area contributed by atoms with Crippen LogP contribution >= 0.6 is 0 Å². The number of hydrogen-bond donors (Lipinski definition) is 1. The van der Waals surface area contributed by atoms with Crippen molar-refractivity contribution in [2.45, 2.75) is 51.1 Å². The van der Waals surface area contributed by atoms with Crippen LogP contribution in [0.25, 0.3) is 0 Å². The number of benzene rings is 1. The van der Waals surface area contributed by atoms with E-state index in [9.17, 15) is 4.79 Å². The Bertz CT molecular complexity index is 760. The van der Waals surface area contributed by atoms with Gasteiger partial charge in [-0.1, -0.05) is 44.0 Å². The smallest absolute Gasteiger partial charge is 0.317 e. The molecule has 0 radical (unpaired) electrons. The van der Waals surface area contributed by atoms with E-state index in [1.807, 2.05) is 29.4 Å². The van der Waals surface area contributed by atoms with E-state index < -0.39 is 0 Å². The molecule has 1 aliphatic rings. The molecule has 0 saturated carbocycles. The van der Waals surface area contributed by atoms with Crippen LogP contribution in [-0.2, 0) is 6.42 Å². The average Bonchev–Trinajstić information content (AvgIpc) is 3.01. The van der Waals surface area contributed by atoms with Gasteiger partial charge in [0, 0.05) is 25.5 Å². The minimum atomic E-state index is 0.0331. The normalized spacial score (nSPS) is 18.3. The molecule has 0 spiro atoms. The lowest BCUT2D eigenvalue weighted by Crippen LogP contribution is -2.44. The highest BCUT2D eigenvalue weighted by molar-refractivity contribution is 5.75. The van der Waals surface area contributed by atoms with Crippen LogP contribution in [-0.4, -0.2) is 48.0 Å². The van der Waals surface area contributed by atoms with Crippen LogP contribution in [0.4, 0.5) is 4.79 Å². The second-order valence-electron chi connectivity index (χ2n) is 8.10. The Kier molecular flexibility index (Phi) is 7.64. The molecule has 1 aliphatic heterocycles. The monoisotopic (exact) mass is 394 g/mol. The molecular weight excluding hydrogens is 360 g/mol. The molecule has 156 valence electrons. The zero-order valence-corrected chi connectivity index (χ0v) is 18.0. The van der Waals surface area contributed by atoms with Crippen molar-refractivity contribution in [2.24, 2.45) is 0 Å². The van der Waals surface area contributed by atoms with Crippen LogP contribution < -0.4 is 5.32 Å². The van der Waals surface area contributed by atoms with Gasteiger partial charge in [-0.15, -0.1) is 0 Å². The Morgan fingerprint density at radius 1 is 1.14 bits per heavy atom. The Morgan fingerprint density at radius 2 is 1.86 bits per heavy atom. The third kappa shape index (κ3) is 5.57. The number of pyridine rings is 1. The number of likely N-dealkylation sites (tertiary alicyclic amines) is 1. The zero-order chi connectivity index (χ0) is 20.6. The molecule has 2 atom stereocenters. The van der Waals surface area contributed by atoms with Gasteiger partial charge in [0.1, 0.15) is 0 Å². The molecule has 1 saturated heterocycles. The van der Waals surface area contributed by atoms with Crippen LogP contribution in [0.15, 0.2) is 48.8 Å². The fraction of sp³-hybridized carbons (Fsp3) is 0.500. The molecule has 0 bridgehead atoms. The van der Waals surface area contributed by atoms with Crippen LogP contribution in [0.3, 0.4) is 0 Å². The van der Waals surface area contributed by atoms with E-state index >= 15 is 0 Å². The molecule has 1 fully saturated rings. The number of amides is 2. The van der Waals surface area contributed by atoms with E-state index in [2.05, 4.69) is 60.5 Å². The molecule has 5 nitrogen and oxygen atoms in total. The minimum Gasteiger partial charge on any atom is -0.336 e. The predicted octanol–water partition coefficient (Wildman–Crippen LogP) is 4.57. The molecule has 3 rings (SSSR count). The number of carbonyl (C=O) groups is 1. The Labute approximate surface area is 175 Å². The number of carbonyl (C=O) groups excluding carboxylic acids is 1. The van der Waals surface area contributed by atoms with Gasteiger partial charge < -0.3 is 15.1 Å². The summed E-state index contributed by atoms with van der Waals surface area (Å²) in [6.07, 6.45) is 9.07. The van der Waals surface area contributed by atoms with Gasteiger partial charge in [-0.3, -0.25) is 4.98 Å². The highest BCUT2D eigenvalue weighted by Gasteiger charge is 2.27. The maximum atomic E-state index is 13.2. The first-order valence-corrected chi connectivity index (χ1v) is 10.8. The average molecular weight is 395 g/mol. The zero-order valence-electron chi connectivity index (χ0n) is 18.0. The van der Waals surface area contributed by atoms with E-state index in [4.69, 9.17) is 0 Å². The Balaban J connectivity index is 1.70. The standard InChI is InChI=1S/C24H34N4O/c1-4-19-9-11-20(12-10-19)23(27(2)3)18-26-24(29)28-17-7-5-6-8-22(28)21-13-15-25-16-14-21/h9-16,22-23H,4-8,17-18H2,1-3H3,(H,26,29). The summed E-state index contributed by atoms with van der Waals surface area (Å²) in [6, 6.07) is 13.1. The molecule has 2 amide bonds. The van der Waals surface area contributed by atoms with Crippen molar-refractivity contribution in [3.8, 4) is 0 Å². The van der Waals surface area contributed by atoms with Crippen LogP contribution in [0.1, 0.15) is 61.4 Å². The molecule has 2 aromatic rings. The molecule has 29 heavy (non-hydrogen) atoms. The molecule has 5 heteroatoms. The molecule has 1 aromatic heterocycles. The lowest BCUT2D eigenvalue weighted by atomic mass is 10.0. The minimum absolute atomic E-state index is 0.0331. The lowest BCUT2D eigenvalue weighted by molar-refractivity contribution is 0.171. The summed E-state index contributed by atoms with van der Waals surface area (Å²) in [7, 11) is 4.13. The summed E-state index contributed by atoms with van der Waals surface area (Å²) in [5, 5.41) is 3.22. The summed E-state index contributed by atoms with van der Waals surface area (Å²) in [5.41, 5.74) is 3.74. The van der Waals surface area contributed by atoms with Gasteiger partial charge in [0.05, 0.1) is 12.1 Å². The Hall–Kier alpha value is -2.40. The number of rotatable bonds is 6.